The SMILES string of the molecule is O=C(CC(=O)Nc1c(F)cccc1F)Nc1ccccc1N1CCOCC1. The molecule has 0 radical (unpaired) electrons. The summed E-state index contributed by atoms with van der Waals surface area (Å²) < 4.78 is 32.5. The number of hydrogen-bond acceptors (Lipinski definition) is 4. The molecule has 2 aromatic rings. The number of carbonyl (C=O) groups excluding carboxylic acids is 2. The van der Waals surface area contributed by atoms with Crippen LogP contribution in [0.4, 0.5) is 25.8 Å². The molecular weight excluding hydrogens is 356 g/mol. The molecule has 1 saturated heterocycles. The van der Waals surface area contributed by atoms with E-state index >= 15 is 0 Å². The van der Waals surface area contributed by atoms with E-state index in [4.69, 9.17) is 4.74 Å². The summed E-state index contributed by atoms with van der Waals surface area (Å²) in [6, 6.07) is 10.5. The number of morpholine rings is 1. The molecule has 2 amide bonds. The summed E-state index contributed by atoms with van der Waals surface area (Å²) in [4.78, 5) is 26.3. The van der Waals surface area contributed by atoms with Gasteiger partial charge in [0.15, 0.2) is 0 Å². The molecule has 2 aromatic carbocycles. The molecule has 6 nitrogen and oxygen atoms in total. The Bertz CT molecular complexity index is 818. The van der Waals surface area contributed by atoms with Crippen molar-refractivity contribution in [3.63, 3.8) is 0 Å². The van der Waals surface area contributed by atoms with Crippen molar-refractivity contribution < 1.29 is 23.1 Å². The van der Waals surface area contributed by atoms with Crippen molar-refractivity contribution in [2.75, 3.05) is 41.8 Å². The maximum atomic E-state index is 13.6. The standard InChI is InChI=1S/C19H19F2N3O3/c20-13-4-3-5-14(21)19(13)23-18(26)12-17(25)22-15-6-1-2-7-16(15)24-8-10-27-11-9-24/h1-7H,8-12H2,(H,22,25)(H,23,26). The monoisotopic (exact) mass is 375 g/mol. The Morgan fingerprint density at radius 1 is 0.926 bits per heavy atom. The van der Waals surface area contributed by atoms with Crippen LogP contribution in [0, 0.1) is 11.6 Å². The van der Waals surface area contributed by atoms with E-state index < -0.39 is 35.6 Å². The van der Waals surface area contributed by atoms with Crippen molar-refractivity contribution >= 4 is 28.9 Å². The number of benzene rings is 2. The van der Waals surface area contributed by atoms with Gasteiger partial charge >= 0.3 is 0 Å². The number of rotatable bonds is 5. The molecule has 0 unspecified atom stereocenters. The first-order valence-electron chi connectivity index (χ1n) is 8.50. The molecule has 1 fully saturated rings. The average molecular weight is 375 g/mol. The number of carbonyl (C=O) groups is 2. The minimum absolute atomic E-state index is 0.564. The number of para-hydroxylation sites is 3. The van der Waals surface area contributed by atoms with Gasteiger partial charge in [0.25, 0.3) is 0 Å². The van der Waals surface area contributed by atoms with Crippen LogP contribution in [-0.4, -0.2) is 38.1 Å². The Kier molecular flexibility index (Phi) is 5.97. The molecule has 0 aromatic heterocycles. The summed E-state index contributed by atoms with van der Waals surface area (Å²) in [5.74, 6) is -3.19. The van der Waals surface area contributed by atoms with Crippen molar-refractivity contribution in [1.29, 1.82) is 0 Å². The van der Waals surface area contributed by atoms with E-state index in [0.29, 0.717) is 32.0 Å². The maximum absolute atomic E-state index is 13.6. The third-order valence-corrected chi connectivity index (χ3v) is 4.08. The summed E-state index contributed by atoms with van der Waals surface area (Å²) in [5.41, 5.74) is 0.827. The first-order valence-corrected chi connectivity index (χ1v) is 8.50. The fourth-order valence-electron chi connectivity index (χ4n) is 2.80. The van der Waals surface area contributed by atoms with Crippen LogP contribution in [0.25, 0.3) is 0 Å². The van der Waals surface area contributed by atoms with Crippen molar-refractivity contribution in [2.24, 2.45) is 0 Å². The van der Waals surface area contributed by atoms with Gasteiger partial charge in [-0.25, -0.2) is 8.78 Å². The molecule has 3 rings (SSSR count). The first-order chi connectivity index (χ1) is 13.0. The first kappa shape index (κ1) is 18.8. The average Bonchev–Trinajstić information content (AvgIpc) is 2.66. The summed E-state index contributed by atoms with van der Waals surface area (Å²) >= 11 is 0. The van der Waals surface area contributed by atoms with Gasteiger partial charge < -0.3 is 20.3 Å². The van der Waals surface area contributed by atoms with Gasteiger partial charge in [-0.2, -0.15) is 0 Å². The number of nitrogens with one attached hydrogen (secondary N) is 2. The predicted octanol–water partition coefficient (Wildman–Crippen LogP) is 2.77. The van der Waals surface area contributed by atoms with E-state index in [-0.39, 0.29) is 0 Å². The lowest BCUT2D eigenvalue weighted by atomic mass is 10.2. The number of halogens is 2. The molecule has 1 heterocycles. The lowest BCUT2D eigenvalue weighted by molar-refractivity contribution is -0.123. The Morgan fingerprint density at radius 2 is 1.56 bits per heavy atom. The zero-order chi connectivity index (χ0) is 19.2. The molecule has 1 aliphatic rings. The van der Waals surface area contributed by atoms with Crippen molar-refractivity contribution in [2.45, 2.75) is 6.42 Å². The molecule has 8 heteroatoms. The van der Waals surface area contributed by atoms with Crippen LogP contribution in [0.3, 0.4) is 0 Å². The van der Waals surface area contributed by atoms with Crippen LogP contribution in [0.1, 0.15) is 6.42 Å². The Morgan fingerprint density at radius 3 is 2.26 bits per heavy atom. The minimum Gasteiger partial charge on any atom is -0.378 e. The molecule has 0 aliphatic carbocycles. The third kappa shape index (κ3) is 4.79. The fourth-order valence-corrected chi connectivity index (χ4v) is 2.80. The molecule has 2 N–H and O–H groups in total. The van der Waals surface area contributed by atoms with Crippen molar-refractivity contribution in [3.05, 3.63) is 54.1 Å². The zero-order valence-corrected chi connectivity index (χ0v) is 14.5. The topological polar surface area (TPSA) is 70.7 Å². The second-order valence-corrected chi connectivity index (χ2v) is 5.99. The molecule has 1 aliphatic heterocycles. The van der Waals surface area contributed by atoms with Gasteiger partial charge in [0.05, 0.1) is 24.6 Å². The summed E-state index contributed by atoms with van der Waals surface area (Å²) in [6.45, 7) is 2.58. The highest BCUT2D eigenvalue weighted by Crippen LogP contribution is 2.26. The van der Waals surface area contributed by atoms with Gasteiger partial charge in [-0.15, -0.1) is 0 Å². The van der Waals surface area contributed by atoms with E-state index in [2.05, 4.69) is 15.5 Å². The molecule has 0 spiro atoms. The molecule has 142 valence electrons. The Hall–Kier alpha value is -3.00. The van der Waals surface area contributed by atoms with E-state index in [0.717, 1.165) is 17.8 Å². The van der Waals surface area contributed by atoms with Gasteiger partial charge in [0.1, 0.15) is 23.7 Å². The van der Waals surface area contributed by atoms with Crippen LogP contribution < -0.4 is 15.5 Å². The Labute approximate surface area is 155 Å². The highest BCUT2D eigenvalue weighted by molar-refractivity contribution is 6.09. The smallest absolute Gasteiger partial charge is 0.233 e. The van der Waals surface area contributed by atoms with Crippen LogP contribution in [0.15, 0.2) is 42.5 Å². The van der Waals surface area contributed by atoms with Gasteiger partial charge in [-0.3, -0.25) is 9.59 Å². The minimum atomic E-state index is -0.901. The van der Waals surface area contributed by atoms with Crippen LogP contribution in [-0.2, 0) is 14.3 Å². The van der Waals surface area contributed by atoms with Gasteiger partial charge in [0, 0.05) is 13.1 Å². The number of nitrogens with zero attached hydrogens (tertiary/aromatic N) is 1. The molecule has 0 saturated carbocycles. The van der Waals surface area contributed by atoms with Gasteiger partial charge in [-0.05, 0) is 24.3 Å². The van der Waals surface area contributed by atoms with Crippen LogP contribution in [0.5, 0.6) is 0 Å². The largest absolute Gasteiger partial charge is 0.378 e. The maximum Gasteiger partial charge on any atom is 0.233 e. The molecular formula is C19H19F2N3O3. The van der Waals surface area contributed by atoms with E-state index in [9.17, 15) is 18.4 Å². The number of anilines is 3. The van der Waals surface area contributed by atoms with Crippen molar-refractivity contribution in [3.8, 4) is 0 Å². The van der Waals surface area contributed by atoms with Crippen molar-refractivity contribution in [1.82, 2.24) is 0 Å². The highest BCUT2D eigenvalue weighted by Gasteiger charge is 2.18. The summed E-state index contributed by atoms with van der Waals surface area (Å²) in [6.07, 6.45) is -0.564. The fraction of sp³-hybridized carbons (Fsp3) is 0.263. The molecule has 0 bridgehead atoms. The number of ether oxygens (including phenoxy) is 1. The lowest BCUT2D eigenvalue weighted by Crippen LogP contribution is -2.36. The normalized spacial score (nSPS) is 13.9. The summed E-state index contributed by atoms with van der Waals surface area (Å²) in [7, 11) is 0. The van der Waals surface area contributed by atoms with E-state index in [1.165, 1.54) is 6.07 Å². The zero-order valence-electron chi connectivity index (χ0n) is 14.5. The van der Waals surface area contributed by atoms with E-state index in [1.807, 2.05) is 12.1 Å². The molecule has 27 heavy (non-hydrogen) atoms. The second-order valence-electron chi connectivity index (χ2n) is 5.99. The van der Waals surface area contributed by atoms with Gasteiger partial charge in [-0.1, -0.05) is 18.2 Å². The highest BCUT2D eigenvalue weighted by atomic mass is 19.1. The second kappa shape index (κ2) is 8.59. The predicted molar refractivity (Wildman–Crippen MR) is 97.7 cm³/mol. The molecule has 0 atom stereocenters. The third-order valence-electron chi connectivity index (χ3n) is 4.08. The quantitative estimate of drug-likeness (QED) is 0.789. The van der Waals surface area contributed by atoms with E-state index in [1.54, 1.807) is 12.1 Å². The summed E-state index contributed by atoms with van der Waals surface area (Å²) in [5, 5.41) is 4.78. The van der Waals surface area contributed by atoms with Gasteiger partial charge in [0.2, 0.25) is 11.8 Å². The van der Waals surface area contributed by atoms with Crippen LogP contribution >= 0.6 is 0 Å². The lowest BCUT2D eigenvalue weighted by Gasteiger charge is -2.30. The number of hydrogen-bond donors (Lipinski definition) is 2. The Balaban J connectivity index is 1.63. The number of amides is 2. The van der Waals surface area contributed by atoms with Crippen LogP contribution in [0.2, 0.25) is 0 Å².